The van der Waals surface area contributed by atoms with Gasteiger partial charge in [0.05, 0.1) is 13.2 Å². The van der Waals surface area contributed by atoms with Crippen molar-refractivity contribution in [2.45, 2.75) is 32.2 Å². The first-order valence-electron chi connectivity index (χ1n) is 5.94. The predicted molar refractivity (Wildman–Crippen MR) is 62.2 cm³/mol. The third-order valence-electron chi connectivity index (χ3n) is 2.47. The molecule has 0 aromatic rings. The van der Waals surface area contributed by atoms with Crippen molar-refractivity contribution in [2.75, 3.05) is 26.4 Å². The minimum absolute atomic E-state index is 0.0556. The maximum absolute atomic E-state index is 10.9. The highest BCUT2D eigenvalue weighted by atomic mass is 16.6. The van der Waals surface area contributed by atoms with Gasteiger partial charge in [-0.3, -0.25) is 0 Å². The van der Waals surface area contributed by atoms with Crippen molar-refractivity contribution in [3.05, 3.63) is 12.2 Å². The zero-order valence-electron chi connectivity index (χ0n) is 9.91. The van der Waals surface area contributed by atoms with E-state index in [9.17, 15) is 4.79 Å². The number of nitrogens with one attached hydrogen (secondary N) is 1. The second-order valence-electron chi connectivity index (χ2n) is 3.79. The molecular weight excluding hydrogens is 206 g/mol. The highest BCUT2D eigenvalue weighted by molar-refractivity contribution is 5.70. The van der Waals surface area contributed by atoms with Crippen LogP contribution in [0.5, 0.6) is 0 Å². The summed E-state index contributed by atoms with van der Waals surface area (Å²) in [5, 5.41) is 3.40. The Morgan fingerprint density at radius 2 is 2.38 bits per heavy atom. The van der Waals surface area contributed by atoms with Gasteiger partial charge in [-0.05, 0) is 26.2 Å². The summed E-state index contributed by atoms with van der Waals surface area (Å²) in [7, 11) is 0. The van der Waals surface area contributed by atoms with Crippen LogP contribution in [-0.2, 0) is 14.3 Å². The fourth-order valence-electron chi connectivity index (χ4n) is 1.67. The topological polar surface area (TPSA) is 47.6 Å². The molecule has 0 aliphatic heterocycles. The van der Waals surface area contributed by atoms with Crippen molar-refractivity contribution < 1.29 is 14.3 Å². The lowest BCUT2D eigenvalue weighted by Gasteiger charge is -2.19. The molecule has 0 heterocycles. The van der Waals surface area contributed by atoms with E-state index in [0.29, 0.717) is 19.3 Å². The van der Waals surface area contributed by atoms with Crippen molar-refractivity contribution in [1.82, 2.24) is 5.32 Å². The van der Waals surface area contributed by atoms with E-state index in [1.807, 2.05) is 0 Å². The maximum Gasteiger partial charge on any atom is 0.332 e. The number of carbonyl (C=O) groups is 1. The SMILES string of the molecule is CCOC(=O)COCCNC1CC=CCC1. The van der Waals surface area contributed by atoms with Crippen LogP contribution in [-0.4, -0.2) is 38.4 Å². The molecule has 1 aliphatic rings. The van der Waals surface area contributed by atoms with Gasteiger partial charge in [0.2, 0.25) is 0 Å². The Bertz CT molecular complexity index is 228. The van der Waals surface area contributed by atoms with Gasteiger partial charge in [0.15, 0.2) is 0 Å². The average molecular weight is 227 g/mol. The van der Waals surface area contributed by atoms with Gasteiger partial charge in [-0.1, -0.05) is 12.2 Å². The third-order valence-corrected chi connectivity index (χ3v) is 2.47. The van der Waals surface area contributed by atoms with Crippen LogP contribution in [0.1, 0.15) is 26.2 Å². The highest BCUT2D eigenvalue weighted by Gasteiger charge is 2.08. The lowest BCUT2D eigenvalue weighted by atomic mass is 10.0. The Labute approximate surface area is 97.0 Å². The molecular formula is C12H21NO3. The Hall–Kier alpha value is -0.870. The van der Waals surface area contributed by atoms with E-state index in [1.54, 1.807) is 6.92 Å². The van der Waals surface area contributed by atoms with Gasteiger partial charge in [-0.2, -0.15) is 0 Å². The zero-order valence-corrected chi connectivity index (χ0v) is 9.91. The van der Waals surface area contributed by atoms with Crippen LogP contribution in [0.3, 0.4) is 0 Å². The van der Waals surface area contributed by atoms with Crippen LogP contribution in [0, 0.1) is 0 Å². The van der Waals surface area contributed by atoms with E-state index < -0.39 is 0 Å². The maximum atomic E-state index is 10.9. The van der Waals surface area contributed by atoms with Crippen molar-refractivity contribution in [1.29, 1.82) is 0 Å². The minimum Gasteiger partial charge on any atom is -0.464 e. The molecule has 92 valence electrons. The van der Waals surface area contributed by atoms with Crippen molar-refractivity contribution in [3.8, 4) is 0 Å². The number of carbonyl (C=O) groups excluding carboxylic acids is 1. The summed E-state index contributed by atoms with van der Waals surface area (Å²) >= 11 is 0. The fraction of sp³-hybridized carbons (Fsp3) is 0.750. The summed E-state index contributed by atoms with van der Waals surface area (Å²) < 4.78 is 9.93. The number of hydrogen-bond acceptors (Lipinski definition) is 4. The molecule has 1 aliphatic carbocycles. The summed E-state index contributed by atoms with van der Waals surface area (Å²) in [5.41, 5.74) is 0. The summed E-state index contributed by atoms with van der Waals surface area (Å²) in [5.74, 6) is -0.289. The van der Waals surface area contributed by atoms with Gasteiger partial charge in [0.25, 0.3) is 0 Å². The fourth-order valence-corrected chi connectivity index (χ4v) is 1.67. The van der Waals surface area contributed by atoms with Crippen molar-refractivity contribution >= 4 is 5.97 Å². The second kappa shape index (κ2) is 8.30. The molecule has 0 spiro atoms. The van der Waals surface area contributed by atoms with E-state index in [1.165, 1.54) is 6.42 Å². The van der Waals surface area contributed by atoms with Crippen LogP contribution >= 0.6 is 0 Å². The van der Waals surface area contributed by atoms with Crippen LogP contribution in [0.15, 0.2) is 12.2 Å². The van der Waals surface area contributed by atoms with E-state index >= 15 is 0 Å². The molecule has 16 heavy (non-hydrogen) atoms. The minimum atomic E-state index is -0.289. The molecule has 0 aromatic heterocycles. The summed E-state index contributed by atoms with van der Waals surface area (Å²) in [6.07, 6.45) is 7.86. The van der Waals surface area contributed by atoms with Crippen LogP contribution < -0.4 is 5.32 Å². The lowest BCUT2D eigenvalue weighted by Crippen LogP contribution is -2.32. The molecule has 0 saturated carbocycles. The Kier molecular flexibility index (Phi) is 6.85. The van der Waals surface area contributed by atoms with Gasteiger partial charge >= 0.3 is 5.97 Å². The molecule has 0 amide bonds. The standard InChI is InChI=1S/C12H21NO3/c1-2-16-12(14)10-15-9-8-13-11-6-4-3-5-7-11/h3-4,11,13H,2,5-10H2,1H3. The predicted octanol–water partition coefficient (Wildman–Crippen LogP) is 1.26. The number of ether oxygens (including phenoxy) is 2. The van der Waals surface area contributed by atoms with Crippen molar-refractivity contribution in [2.24, 2.45) is 0 Å². The number of allylic oxidation sites excluding steroid dienone is 1. The Morgan fingerprint density at radius 1 is 1.50 bits per heavy atom. The zero-order chi connectivity index (χ0) is 11.6. The Morgan fingerprint density at radius 3 is 3.06 bits per heavy atom. The monoisotopic (exact) mass is 227 g/mol. The molecule has 0 aromatic carbocycles. The van der Waals surface area contributed by atoms with Gasteiger partial charge in [-0.25, -0.2) is 4.79 Å². The van der Waals surface area contributed by atoms with Gasteiger partial charge in [0.1, 0.15) is 6.61 Å². The quantitative estimate of drug-likeness (QED) is 0.404. The molecule has 1 N–H and O–H groups in total. The van der Waals surface area contributed by atoms with Gasteiger partial charge in [0, 0.05) is 12.6 Å². The van der Waals surface area contributed by atoms with Gasteiger partial charge in [-0.15, -0.1) is 0 Å². The van der Waals surface area contributed by atoms with E-state index in [-0.39, 0.29) is 12.6 Å². The molecule has 0 saturated heterocycles. The molecule has 0 fully saturated rings. The molecule has 0 radical (unpaired) electrons. The van der Waals surface area contributed by atoms with E-state index in [0.717, 1.165) is 19.4 Å². The smallest absolute Gasteiger partial charge is 0.332 e. The van der Waals surface area contributed by atoms with Crippen molar-refractivity contribution in [3.63, 3.8) is 0 Å². The van der Waals surface area contributed by atoms with E-state index in [2.05, 4.69) is 17.5 Å². The molecule has 4 heteroatoms. The average Bonchev–Trinajstić information content (AvgIpc) is 2.30. The normalized spacial score (nSPS) is 19.7. The van der Waals surface area contributed by atoms with Crippen LogP contribution in [0.4, 0.5) is 0 Å². The van der Waals surface area contributed by atoms with Crippen LogP contribution in [0.2, 0.25) is 0 Å². The number of esters is 1. The molecule has 1 rings (SSSR count). The summed E-state index contributed by atoms with van der Waals surface area (Å²) in [6.45, 7) is 3.60. The first-order valence-corrected chi connectivity index (χ1v) is 5.94. The number of hydrogen-bond donors (Lipinski definition) is 1. The highest BCUT2D eigenvalue weighted by Crippen LogP contribution is 2.09. The second-order valence-corrected chi connectivity index (χ2v) is 3.79. The summed E-state index contributed by atoms with van der Waals surface area (Å²) in [4.78, 5) is 10.9. The summed E-state index contributed by atoms with van der Waals surface area (Å²) in [6, 6.07) is 0.566. The molecule has 4 nitrogen and oxygen atoms in total. The molecule has 0 bridgehead atoms. The molecule has 1 unspecified atom stereocenters. The largest absolute Gasteiger partial charge is 0.464 e. The van der Waals surface area contributed by atoms with E-state index in [4.69, 9.17) is 9.47 Å². The first-order chi connectivity index (χ1) is 7.83. The Balaban J connectivity index is 1.91. The van der Waals surface area contributed by atoms with Crippen LogP contribution in [0.25, 0.3) is 0 Å². The lowest BCUT2D eigenvalue weighted by molar-refractivity contribution is -0.148. The first kappa shape index (κ1) is 13.2. The van der Waals surface area contributed by atoms with Gasteiger partial charge < -0.3 is 14.8 Å². The third kappa shape index (κ3) is 5.88. The number of rotatable bonds is 7. The molecule has 1 atom stereocenters.